The fourth-order valence-electron chi connectivity index (χ4n) is 0.464. The summed E-state index contributed by atoms with van der Waals surface area (Å²) >= 11 is 5.56. The van der Waals surface area contributed by atoms with Gasteiger partial charge < -0.3 is 14.9 Å². The number of ether oxygens (including phenoxy) is 1. The third kappa shape index (κ3) is 2.02. The number of halogens is 1. The first-order valence-corrected chi connectivity index (χ1v) is 3.10. The SMILES string of the molecule is NOC(=O)NC(Cl)C1CO1. The second kappa shape index (κ2) is 3.05. The molecule has 5 nitrogen and oxygen atoms in total. The minimum Gasteiger partial charge on any atom is -0.370 e. The van der Waals surface area contributed by atoms with Crippen LogP contribution in [0.5, 0.6) is 0 Å². The first kappa shape index (κ1) is 7.59. The number of amides is 1. The van der Waals surface area contributed by atoms with Gasteiger partial charge in [-0.25, -0.2) is 4.79 Å². The number of hydrogen-bond acceptors (Lipinski definition) is 4. The van der Waals surface area contributed by atoms with Crippen LogP contribution in [-0.2, 0) is 9.57 Å². The van der Waals surface area contributed by atoms with Crippen LogP contribution in [0.3, 0.4) is 0 Å². The average molecular weight is 167 g/mol. The molecule has 10 heavy (non-hydrogen) atoms. The van der Waals surface area contributed by atoms with E-state index in [2.05, 4.69) is 16.1 Å². The van der Waals surface area contributed by atoms with Crippen LogP contribution >= 0.6 is 11.6 Å². The summed E-state index contributed by atoms with van der Waals surface area (Å²) in [7, 11) is 0. The van der Waals surface area contributed by atoms with Crippen molar-refractivity contribution in [3.05, 3.63) is 0 Å². The van der Waals surface area contributed by atoms with Crippen LogP contribution in [0.1, 0.15) is 0 Å². The zero-order valence-corrected chi connectivity index (χ0v) is 5.80. The number of rotatable bonds is 2. The van der Waals surface area contributed by atoms with Gasteiger partial charge in [-0.3, -0.25) is 0 Å². The molecule has 58 valence electrons. The number of alkyl halides is 1. The van der Waals surface area contributed by atoms with Crippen molar-refractivity contribution in [2.75, 3.05) is 6.61 Å². The van der Waals surface area contributed by atoms with Crippen LogP contribution in [-0.4, -0.2) is 24.3 Å². The highest BCUT2D eigenvalue weighted by molar-refractivity contribution is 6.21. The molecule has 0 aromatic carbocycles. The van der Waals surface area contributed by atoms with Gasteiger partial charge in [-0.2, -0.15) is 5.90 Å². The predicted molar refractivity (Wildman–Crippen MR) is 33.2 cm³/mol. The van der Waals surface area contributed by atoms with Gasteiger partial charge in [-0.15, -0.1) is 0 Å². The van der Waals surface area contributed by atoms with Gasteiger partial charge in [0.2, 0.25) is 0 Å². The Kier molecular flexibility index (Phi) is 2.31. The first-order chi connectivity index (χ1) is 4.74. The smallest absolute Gasteiger partial charge is 0.370 e. The van der Waals surface area contributed by atoms with Crippen molar-refractivity contribution in [2.45, 2.75) is 11.6 Å². The third-order valence-corrected chi connectivity index (χ3v) is 1.44. The van der Waals surface area contributed by atoms with E-state index in [4.69, 9.17) is 16.3 Å². The van der Waals surface area contributed by atoms with Crippen molar-refractivity contribution in [2.24, 2.45) is 5.90 Å². The number of carbonyl (C=O) groups is 1. The molecule has 0 saturated carbocycles. The summed E-state index contributed by atoms with van der Waals surface area (Å²) in [4.78, 5) is 14.2. The molecule has 2 atom stereocenters. The van der Waals surface area contributed by atoms with Crippen molar-refractivity contribution in [3.8, 4) is 0 Å². The largest absolute Gasteiger partial charge is 0.427 e. The van der Waals surface area contributed by atoms with E-state index in [-0.39, 0.29) is 6.10 Å². The number of hydrogen-bond donors (Lipinski definition) is 2. The van der Waals surface area contributed by atoms with E-state index in [0.29, 0.717) is 6.61 Å². The van der Waals surface area contributed by atoms with Gasteiger partial charge in [-0.05, 0) is 0 Å². The molecule has 2 unspecified atom stereocenters. The Bertz CT molecular complexity index is 138. The summed E-state index contributed by atoms with van der Waals surface area (Å²) in [6.45, 7) is 0.568. The molecule has 0 bridgehead atoms. The van der Waals surface area contributed by atoms with Crippen molar-refractivity contribution >= 4 is 17.7 Å². The molecule has 0 aromatic heterocycles. The van der Waals surface area contributed by atoms with E-state index >= 15 is 0 Å². The highest BCUT2D eigenvalue weighted by Gasteiger charge is 2.32. The molecule has 0 aliphatic carbocycles. The van der Waals surface area contributed by atoms with Crippen molar-refractivity contribution in [1.29, 1.82) is 0 Å². The molecule has 0 aromatic rings. The fraction of sp³-hybridized carbons (Fsp3) is 0.750. The summed E-state index contributed by atoms with van der Waals surface area (Å²) in [6, 6.07) is 0. The standard InChI is InChI=1S/C4H7ClN2O3/c5-3(2-1-9-2)7-4(8)10-6/h2-3H,1,6H2,(H,7,8). The van der Waals surface area contributed by atoms with Crippen molar-refractivity contribution < 1.29 is 14.4 Å². The maximum atomic E-state index is 10.4. The lowest BCUT2D eigenvalue weighted by molar-refractivity contribution is 0.145. The summed E-state index contributed by atoms with van der Waals surface area (Å²) < 4.78 is 4.77. The van der Waals surface area contributed by atoms with Gasteiger partial charge in [0, 0.05) is 0 Å². The average Bonchev–Trinajstić information content (AvgIpc) is 2.68. The topological polar surface area (TPSA) is 76.9 Å². The van der Waals surface area contributed by atoms with E-state index in [1.54, 1.807) is 0 Å². The number of nitrogens with one attached hydrogen (secondary N) is 1. The van der Waals surface area contributed by atoms with E-state index in [1.165, 1.54) is 0 Å². The molecule has 1 rings (SSSR count). The van der Waals surface area contributed by atoms with Crippen LogP contribution < -0.4 is 11.2 Å². The highest BCUT2D eigenvalue weighted by Crippen LogP contribution is 2.16. The molecule has 3 N–H and O–H groups in total. The Morgan fingerprint density at radius 1 is 2.00 bits per heavy atom. The number of nitrogens with two attached hydrogens (primary N) is 1. The van der Waals surface area contributed by atoms with Gasteiger partial charge in [0.15, 0.2) is 0 Å². The minimum absolute atomic E-state index is 0.0965. The van der Waals surface area contributed by atoms with Crippen LogP contribution in [0, 0.1) is 0 Å². The fourth-order valence-corrected chi connectivity index (χ4v) is 0.699. The van der Waals surface area contributed by atoms with Gasteiger partial charge in [0.1, 0.15) is 11.6 Å². The lowest BCUT2D eigenvalue weighted by Gasteiger charge is -2.05. The molecule has 6 heteroatoms. The summed E-state index contributed by atoms with van der Waals surface area (Å²) in [5.74, 6) is 4.53. The highest BCUT2D eigenvalue weighted by atomic mass is 35.5. The lowest BCUT2D eigenvalue weighted by Crippen LogP contribution is -2.36. The monoisotopic (exact) mass is 166 g/mol. The van der Waals surface area contributed by atoms with E-state index in [9.17, 15) is 4.79 Å². The Morgan fingerprint density at radius 2 is 2.60 bits per heavy atom. The van der Waals surface area contributed by atoms with E-state index in [0.717, 1.165) is 0 Å². The molecule has 1 fully saturated rings. The zero-order valence-electron chi connectivity index (χ0n) is 5.04. The van der Waals surface area contributed by atoms with Crippen molar-refractivity contribution in [3.63, 3.8) is 0 Å². The summed E-state index contributed by atoms with van der Waals surface area (Å²) in [6.07, 6.45) is -0.851. The molecule has 1 saturated heterocycles. The van der Waals surface area contributed by atoms with Crippen LogP contribution in [0.25, 0.3) is 0 Å². The molecule has 1 amide bonds. The summed E-state index contributed by atoms with van der Waals surface area (Å²) in [5.41, 5.74) is -0.545. The zero-order chi connectivity index (χ0) is 7.56. The molecule has 1 aliphatic heterocycles. The van der Waals surface area contributed by atoms with E-state index < -0.39 is 11.6 Å². The normalized spacial score (nSPS) is 25.2. The molecule has 0 radical (unpaired) electrons. The predicted octanol–water partition coefficient (Wildman–Crippen LogP) is -0.450. The molecular weight excluding hydrogens is 160 g/mol. The maximum Gasteiger partial charge on any atom is 0.427 e. The second-order valence-corrected chi connectivity index (χ2v) is 2.29. The molecular formula is C4H7ClN2O3. The second-order valence-electron chi connectivity index (χ2n) is 1.82. The molecule has 1 heterocycles. The van der Waals surface area contributed by atoms with Crippen molar-refractivity contribution in [1.82, 2.24) is 5.32 Å². The Hall–Kier alpha value is -0.520. The van der Waals surface area contributed by atoms with Gasteiger partial charge in [0.25, 0.3) is 0 Å². The molecule has 1 aliphatic rings. The Labute approximate surface area is 62.4 Å². The molecule has 0 spiro atoms. The minimum atomic E-state index is -0.754. The third-order valence-electron chi connectivity index (χ3n) is 1.05. The van der Waals surface area contributed by atoms with Crippen LogP contribution in [0.2, 0.25) is 0 Å². The Morgan fingerprint density at radius 3 is 3.00 bits per heavy atom. The maximum absolute atomic E-state index is 10.4. The van der Waals surface area contributed by atoms with Crippen LogP contribution in [0.4, 0.5) is 4.79 Å². The van der Waals surface area contributed by atoms with Gasteiger partial charge in [-0.1, -0.05) is 11.6 Å². The lowest BCUT2D eigenvalue weighted by atomic mass is 10.5. The number of epoxide rings is 1. The van der Waals surface area contributed by atoms with Crippen LogP contribution in [0.15, 0.2) is 0 Å². The summed E-state index contributed by atoms with van der Waals surface area (Å²) in [5, 5.41) is 2.25. The number of carbonyl (C=O) groups excluding carboxylic acids is 1. The van der Waals surface area contributed by atoms with Gasteiger partial charge in [0.05, 0.1) is 6.61 Å². The quantitative estimate of drug-likeness (QED) is 0.252. The van der Waals surface area contributed by atoms with Gasteiger partial charge >= 0.3 is 6.09 Å². The van der Waals surface area contributed by atoms with E-state index in [1.807, 2.05) is 0 Å². The Balaban J connectivity index is 2.16. The first-order valence-electron chi connectivity index (χ1n) is 2.67.